The average molecular weight is 194 g/mol. The highest BCUT2D eigenvalue weighted by Crippen LogP contribution is 2.21. The summed E-state index contributed by atoms with van der Waals surface area (Å²) in [5.74, 6) is 0.680. The van der Waals surface area contributed by atoms with Crippen LogP contribution in [0.1, 0.15) is 32.1 Å². The molecule has 0 spiro atoms. The minimum atomic E-state index is 0.347. The number of nitriles is 1. The van der Waals surface area contributed by atoms with Crippen LogP contribution >= 0.6 is 0 Å². The molecule has 4 heteroatoms. The molecule has 0 bridgehead atoms. The second kappa shape index (κ2) is 5.48. The Labute approximate surface area is 85.6 Å². The van der Waals surface area contributed by atoms with E-state index in [9.17, 15) is 0 Å². The third kappa shape index (κ3) is 2.38. The topological polar surface area (TPSA) is 51.4 Å². The maximum Gasteiger partial charge on any atom is 0.207 e. The van der Waals surface area contributed by atoms with Gasteiger partial charge in [0.1, 0.15) is 0 Å². The van der Waals surface area contributed by atoms with Gasteiger partial charge in [0.25, 0.3) is 0 Å². The smallest absolute Gasteiger partial charge is 0.207 e. The summed E-state index contributed by atoms with van der Waals surface area (Å²) in [6, 6.07) is 0.347. The van der Waals surface area contributed by atoms with Crippen molar-refractivity contribution in [1.29, 1.82) is 5.26 Å². The summed E-state index contributed by atoms with van der Waals surface area (Å²) in [7, 11) is 3.51. The van der Waals surface area contributed by atoms with Gasteiger partial charge in [-0.3, -0.25) is 4.99 Å². The summed E-state index contributed by atoms with van der Waals surface area (Å²) >= 11 is 0. The second-order valence-corrected chi connectivity index (χ2v) is 3.56. The number of guanidine groups is 1. The van der Waals surface area contributed by atoms with Crippen molar-refractivity contribution < 1.29 is 0 Å². The van der Waals surface area contributed by atoms with Gasteiger partial charge >= 0.3 is 0 Å². The van der Waals surface area contributed by atoms with E-state index in [0.717, 1.165) is 12.8 Å². The van der Waals surface area contributed by atoms with Crippen molar-refractivity contribution >= 4 is 5.96 Å². The lowest BCUT2D eigenvalue weighted by atomic mass is 9.95. The summed E-state index contributed by atoms with van der Waals surface area (Å²) < 4.78 is 0. The van der Waals surface area contributed by atoms with Crippen LogP contribution < -0.4 is 5.32 Å². The standard InChI is InChI=1S/C10H18N4/c1-12-10(13-2)14(8-11)9-6-4-3-5-7-9/h9H,3-7H2,1-2H3,(H,12,13). The molecule has 0 aromatic rings. The lowest BCUT2D eigenvalue weighted by molar-refractivity contribution is 0.303. The molecule has 0 aromatic heterocycles. The summed E-state index contributed by atoms with van der Waals surface area (Å²) in [5.41, 5.74) is 0. The molecule has 1 aliphatic carbocycles. The van der Waals surface area contributed by atoms with Gasteiger partial charge in [-0.1, -0.05) is 19.3 Å². The molecule has 4 nitrogen and oxygen atoms in total. The Balaban J connectivity index is 2.65. The Kier molecular flexibility index (Phi) is 4.24. The van der Waals surface area contributed by atoms with Gasteiger partial charge in [0.2, 0.25) is 5.96 Å². The van der Waals surface area contributed by atoms with E-state index in [-0.39, 0.29) is 0 Å². The van der Waals surface area contributed by atoms with Gasteiger partial charge in [0.15, 0.2) is 6.19 Å². The van der Waals surface area contributed by atoms with Crippen LogP contribution in [0.4, 0.5) is 0 Å². The Bertz CT molecular complexity index is 235. The normalized spacial score (nSPS) is 18.8. The maximum absolute atomic E-state index is 9.07. The van der Waals surface area contributed by atoms with Gasteiger partial charge in [-0.05, 0) is 12.8 Å². The molecule has 0 aromatic carbocycles. The monoisotopic (exact) mass is 194 g/mol. The first-order chi connectivity index (χ1) is 6.83. The Hall–Kier alpha value is -1.24. The van der Waals surface area contributed by atoms with Crippen LogP contribution in [-0.4, -0.2) is 31.0 Å². The molecule has 0 saturated heterocycles. The molecular formula is C10H18N4. The zero-order valence-corrected chi connectivity index (χ0v) is 8.95. The summed E-state index contributed by atoms with van der Waals surface area (Å²) in [5, 5.41) is 12.0. The fourth-order valence-electron chi connectivity index (χ4n) is 1.98. The zero-order chi connectivity index (χ0) is 10.4. The molecule has 14 heavy (non-hydrogen) atoms. The highest BCUT2D eigenvalue weighted by molar-refractivity contribution is 5.81. The van der Waals surface area contributed by atoms with E-state index in [2.05, 4.69) is 16.5 Å². The van der Waals surface area contributed by atoms with Crippen LogP contribution in [0.3, 0.4) is 0 Å². The molecule has 0 aliphatic heterocycles. The number of nitrogens with one attached hydrogen (secondary N) is 1. The predicted octanol–water partition coefficient (Wildman–Crippen LogP) is 1.31. The largest absolute Gasteiger partial charge is 0.358 e. The van der Waals surface area contributed by atoms with E-state index in [1.165, 1.54) is 19.3 Å². The molecule has 0 atom stereocenters. The van der Waals surface area contributed by atoms with E-state index in [4.69, 9.17) is 5.26 Å². The Morgan fingerprint density at radius 2 is 2.07 bits per heavy atom. The molecule has 1 N–H and O–H groups in total. The number of hydrogen-bond acceptors (Lipinski definition) is 2. The van der Waals surface area contributed by atoms with Gasteiger partial charge in [-0.25, -0.2) is 4.90 Å². The van der Waals surface area contributed by atoms with Crippen molar-refractivity contribution in [3.8, 4) is 6.19 Å². The highest BCUT2D eigenvalue weighted by atomic mass is 15.3. The van der Waals surface area contributed by atoms with E-state index >= 15 is 0 Å². The molecule has 78 valence electrons. The summed E-state index contributed by atoms with van der Waals surface area (Å²) in [4.78, 5) is 5.77. The number of rotatable bonds is 1. The van der Waals surface area contributed by atoms with Crippen LogP contribution in [0.15, 0.2) is 4.99 Å². The number of nitrogens with zero attached hydrogens (tertiary/aromatic N) is 3. The molecule has 1 saturated carbocycles. The zero-order valence-electron chi connectivity index (χ0n) is 8.95. The van der Waals surface area contributed by atoms with Crippen molar-refractivity contribution in [1.82, 2.24) is 10.2 Å². The van der Waals surface area contributed by atoms with Gasteiger partial charge < -0.3 is 5.32 Å². The third-order valence-electron chi connectivity index (χ3n) is 2.71. The van der Waals surface area contributed by atoms with Crippen molar-refractivity contribution in [2.24, 2.45) is 4.99 Å². The lowest BCUT2D eigenvalue weighted by Gasteiger charge is -2.30. The molecule has 0 amide bonds. The predicted molar refractivity (Wildman–Crippen MR) is 56.7 cm³/mol. The van der Waals surface area contributed by atoms with Crippen LogP contribution in [0, 0.1) is 11.5 Å². The minimum Gasteiger partial charge on any atom is -0.358 e. The van der Waals surface area contributed by atoms with Gasteiger partial charge in [0, 0.05) is 20.1 Å². The van der Waals surface area contributed by atoms with E-state index in [1.54, 1.807) is 19.0 Å². The average Bonchev–Trinajstić information content (AvgIpc) is 2.27. The number of aliphatic imine (C=N–C) groups is 1. The first-order valence-corrected chi connectivity index (χ1v) is 5.17. The van der Waals surface area contributed by atoms with Crippen LogP contribution in [0.25, 0.3) is 0 Å². The molecule has 1 fully saturated rings. The maximum atomic E-state index is 9.07. The SMILES string of the molecule is CN=C(NC)N(C#N)C1CCCCC1. The van der Waals surface area contributed by atoms with Crippen molar-refractivity contribution in [3.63, 3.8) is 0 Å². The molecule has 1 rings (SSSR count). The fourth-order valence-corrected chi connectivity index (χ4v) is 1.98. The van der Waals surface area contributed by atoms with Gasteiger partial charge in [0.05, 0.1) is 0 Å². The third-order valence-corrected chi connectivity index (χ3v) is 2.71. The molecule has 0 heterocycles. The summed E-state index contributed by atoms with van der Waals surface area (Å²) in [6.07, 6.45) is 8.18. The second-order valence-electron chi connectivity index (χ2n) is 3.56. The Morgan fingerprint density at radius 1 is 1.43 bits per heavy atom. The first kappa shape index (κ1) is 10.8. The fraction of sp³-hybridized carbons (Fsp3) is 0.800. The summed E-state index contributed by atoms with van der Waals surface area (Å²) in [6.45, 7) is 0. The Morgan fingerprint density at radius 3 is 2.50 bits per heavy atom. The van der Waals surface area contributed by atoms with E-state index in [0.29, 0.717) is 12.0 Å². The quantitative estimate of drug-likeness (QED) is 0.296. The van der Waals surface area contributed by atoms with Crippen molar-refractivity contribution in [2.45, 2.75) is 38.1 Å². The number of hydrogen-bond donors (Lipinski definition) is 1. The van der Waals surface area contributed by atoms with Gasteiger partial charge in [-0.15, -0.1) is 0 Å². The van der Waals surface area contributed by atoms with Crippen LogP contribution in [0.2, 0.25) is 0 Å². The first-order valence-electron chi connectivity index (χ1n) is 5.17. The van der Waals surface area contributed by atoms with E-state index < -0.39 is 0 Å². The molecule has 1 aliphatic rings. The van der Waals surface area contributed by atoms with Crippen LogP contribution in [0.5, 0.6) is 0 Å². The molecule has 0 unspecified atom stereocenters. The molecule has 0 radical (unpaired) electrons. The highest BCUT2D eigenvalue weighted by Gasteiger charge is 2.22. The van der Waals surface area contributed by atoms with Crippen LogP contribution in [-0.2, 0) is 0 Å². The minimum absolute atomic E-state index is 0.347. The molecular weight excluding hydrogens is 176 g/mol. The van der Waals surface area contributed by atoms with Crippen molar-refractivity contribution in [3.05, 3.63) is 0 Å². The van der Waals surface area contributed by atoms with Crippen molar-refractivity contribution in [2.75, 3.05) is 14.1 Å². The van der Waals surface area contributed by atoms with Gasteiger partial charge in [-0.2, -0.15) is 5.26 Å². The lowest BCUT2D eigenvalue weighted by Crippen LogP contribution is -2.43. The van der Waals surface area contributed by atoms with E-state index in [1.807, 2.05) is 0 Å².